The fourth-order valence-electron chi connectivity index (χ4n) is 3.72. The van der Waals surface area contributed by atoms with Gasteiger partial charge in [0.2, 0.25) is 25.5 Å². The van der Waals surface area contributed by atoms with Crippen molar-refractivity contribution in [3.8, 4) is 0 Å². The van der Waals surface area contributed by atoms with Crippen LogP contribution in [0, 0.1) is 0 Å². The molecular formula is C29H34N4O11. The number of guanidine groups is 1. The molecule has 0 saturated heterocycles. The summed E-state index contributed by atoms with van der Waals surface area (Å²) in [7, 11) is 0. The van der Waals surface area contributed by atoms with Crippen molar-refractivity contribution in [1.29, 1.82) is 0 Å². The highest BCUT2D eigenvalue weighted by molar-refractivity contribution is 6.01. The molecular weight excluding hydrogens is 580 g/mol. The summed E-state index contributed by atoms with van der Waals surface area (Å²) in [6.45, 7) is 2.34. The summed E-state index contributed by atoms with van der Waals surface area (Å²) in [5.74, 6) is -3.81. The molecule has 0 heterocycles. The average molecular weight is 615 g/mol. The maximum absolute atomic E-state index is 12.4. The molecule has 0 fully saturated rings. The number of carboxylic acids is 1. The number of aliphatic imine (C=N–C) groups is 1. The normalized spacial score (nSPS) is 12.2. The number of nitrogens with zero attached hydrogens (tertiary/aromatic N) is 1. The van der Waals surface area contributed by atoms with Gasteiger partial charge in [-0.05, 0) is 25.0 Å². The Balaban J connectivity index is 1.99. The van der Waals surface area contributed by atoms with Crippen LogP contribution < -0.4 is 16.0 Å². The van der Waals surface area contributed by atoms with Crippen molar-refractivity contribution in [2.75, 3.05) is 13.6 Å². The molecule has 0 aromatic heterocycles. The minimum Gasteiger partial charge on any atom is -0.480 e. The monoisotopic (exact) mass is 614 g/mol. The van der Waals surface area contributed by atoms with E-state index in [0.29, 0.717) is 11.1 Å². The van der Waals surface area contributed by atoms with Crippen molar-refractivity contribution in [3.63, 3.8) is 0 Å². The lowest BCUT2D eigenvalue weighted by atomic mass is 9.94. The van der Waals surface area contributed by atoms with E-state index in [-0.39, 0.29) is 19.3 Å². The number of amides is 3. The van der Waals surface area contributed by atoms with E-state index in [0.717, 1.165) is 6.92 Å². The number of esters is 2. The molecule has 1 unspecified atom stereocenters. The minimum atomic E-state index is -1.74. The van der Waals surface area contributed by atoms with Crippen LogP contribution in [-0.4, -0.2) is 72.2 Å². The molecule has 0 saturated carbocycles. The summed E-state index contributed by atoms with van der Waals surface area (Å²) in [6, 6.07) is 16.5. The Morgan fingerprint density at radius 3 is 1.59 bits per heavy atom. The minimum absolute atomic E-state index is 0.0595. The van der Waals surface area contributed by atoms with Gasteiger partial charge >= 0.3 is 30.1 Å². The van der Waals surface area contributed by atoms with Gasteiger partial charge in [0.1, 0.15) is 5.54 Å². The molecule has 0 bridgehead atoms. The van der Waals surface area contributed by atoms with E-state index >= 15 is 0 Å². The van der Waals surface area contributed by atoms with Crippen molar-refractivity contribution >= 4 is 42.0 Å². The van der Waals surface area contributed by atoms with Crippen LogP contribution in [0.4, 0.5) is 9.59 Å². The Kier molecular flexibility index (Phi) is 13.8. The van der Waals surface area contributed by atoms with Crippen LogP contribution in [0.5, 0.6) is 0 Å². The van der Waals surface area contributed by atoms with Crippen LogP contribution in [0.2, 0.25) is 0 Å². The number of carbonyl (C=O) groups is 6. The van der Waals surface area contributed by atoms with Crippen LogP contribution in [0.3, 0.4) is 0 Å². The third-order valence-corrected chi connectivity index (χ3v) is 5.62. The third-order valence-electron chi connectivity index (χ3n) is 5.62. The van der Waals surface area contributed by atoms with Crippen LogP contribution >= 0.6 is 0 Å². The molecule has 2 atom stereocenters. The fraction of sp³-hybridized carbons (Fsp3) is 0.345. The number of aliphatic carboxylic acids is 1. The maximum atomic E-state index is 12.4. The summed E-state index contributed by atoms with van der Waals surface area (Å²) in [5.41, 5.74) is -0.362. The van der Waals surface area contributed by atoms with Gasteiger partial charge in [0, 0.05) is 13.3 Å². The topological polar surface area (TPSA) is 208 Å². The smallest absolute Gasteiger partial charge is 0.416 e. The molecule has 0 aliphatic rings. The number of nitrogens with one attached hydrogen (secondary N) is 3. The van der Waals surface area contributed by atoms with E-state index in [1.165, 1.54) is 13.8 Å². The van der Waals surface area contributed by atoms with Gasteiger partial charge < -0.3 is 29.4 Å². The summed E-state index contributed by atoms with van der Waals surface area (Å²) in [6.07, 6.45) is -2.76. The van der Waals surface area contributed by atoms with Crippen LogP contribution in [0.15, 0.2) is 65.7 Å². The molecule has 2 rings (SSSR count). The Bertz CT molecular complexity index is 1260. The fourth-order valence-corrected chi connectivity index (χ4v) is 3.72. The van der Waals surface area contributed by atoms with Gasteiger partial charge in [-0.25, -0.2) is 19.4 Å². The van der Waals surface area contributed by atoms with Gasteiger partial charge in [-0.3, -0.25) is 25.0 Å². The van der Waals surface area contributed by atoms with Crippen molar-refractivity contribution in [2.45, 2.75) is 51.6 Å². The summed E-state index contributed by atoms with van der Waals surface area (Å²) >= 11 is 0. The second-order valence-electron chi connectivity index (χ2n) is 9.56. The second-order valence-corrected chi connectivity index (χ2v) is 9.56. The predicted octanol–water partition coefficient (Wildman–Crippen LogP) is 2.04. The van der Waals surface area contributed by atoms with Gasteiger partial charge in [-0.15, -0.1) is 0 Å². The second kappa shape index (κ2) is 17.5. The Morgan fingerprint density at radius 1 is 0.773 bits per heavy atom. The largest absolute Gasteiger partial charge is 0.480 e. The molecule has 44 heavy (non-hydrogen) atoms. The SMILES string of the molecule is CC(=O)N[C@@](C)(CC(C)N=C(NC(=O)OCOC(=O)Cc1ccccc1)NC(=O)OCOC(=O)Cc1ccccc1)C(=O)O. The van der Waals surface area contributed by atoms with E-state index in [4.69, 9.17) is 18.9 Å². The van der Waals surface area contributed by atoms with Crippen molar-refractivity contribution in [3.05, 3.63) is 71.8 Å². The quantitative estimate of drug-likeness (QED) is 0.111. The standard InChI is InChI=1S/C29H34N4O11/c1-19(16-29(3,25(37)38)33-20(2)34)30-26(31-27(39)43-17-41-23(35)14-21-10-6-4-7-11-21)32-28(40)44-18-42-24(36)15-22-12-8-5-9-13-22/h4-13,19H,14-18H2,1-3H3,(H,33,34)(H,37,38)(H2,30,31,32,39,40)/t19?,29-/m0/s1. The zero-order valence-corrected chi connectivity index (χ0v) is 24.4. The van der Waals surface area contributed by atoms with Crippen molar-refractivity contribution in [1.82, 2.24) is 16.0 Å². The lowest BCUT2D eigenvalue weighted by molar-refractivity contribution is -0.152. The molecule has 2 aromatic carbocycles. The molecule has 0 radical (unpaired) electrons. The number of hydrogen-bond donors (Lipinski definition) is 4. The van der Waals surface area contributed by atoms with Crippen LogP contribution in [-0.2, 0) is 51.0 Å². The van der Waals surface area contributed by atoms with Crippen LogP contribution in [0.25, 0.3) is 0 Å². The van der Waals surface area contributed by atoms with Crippen molar-refractivity contribution < 1.29 is 52.8 Å². The molecule has 4 N–H and O–H groups in total. The van der Waals surface area contributed by atoms with Crippen LogP contribution in [0.1, 0.15) is 38.3 Å². The molecule has 3 amide bonds. The first-order valence-electron chi connectivity index (χ1n) is 13.2. The Labute approximate surface area is 252 Å². The summed E-state index contributed by atoms with van der Waals surface area (Å²) in [4.78, 5) is 76.1. The van der Waals surface area contributed by atoms with Gasteiger partial charge in [0.25, 0.3) is 0 Å². The van der Waals surface area contributed by atoms with E-state index in [1.807, 2.05) is 0 Å². The first kappa shape index (κ1) is 34.7. The molecule has 0 spiro atoms. The summed E-state index contributed by atoms with van der Waals surface area (Å²) < 4.78 is 19.4. The first-order chi connectivity index (χ1) is 20.9. The zero-order chi connectivity index (χ0) is 32.5. The van der Waals surface area contributed by atoms with Gasteiger partial charge in [-0.1, -0.05) is 60.7 Å². The van der Waals surface area contributed by atoms with E-state index < -0.39 is 67.1 Å². The number of rotatable bonds is 13. The number of hydrogen-bond acceptors (Lipinski definition) is 11. The molecule has 236 valence electrons. The highest BCUT2D eigenvalue weighted by Crippen LogP contribution is 2.15. The van der Waals surface area contributed by atoms with Gasteiger partial charge in [0.05, 0.1) is 18.9 Å². The van der Waals surface area contributed by atoms with Gasteiger partial charge in [0.15, 0.2) is 0 Å². The lowest BCUT2D eigenvalue weighted by Crippen LogP contribution is -2.53. The highest BCUT2D eigenvalue weighted by atomic mass is 16.7. The maximum Gasteiger partial charge on any atom is 0.416 e. The molecule has 0 aliphatic carbocycles. The molecule has 2 aromatic rings. The highest BCUT2D eigenvalue weighted by Gasteiger charge is 2.35. The average Bonchev–Trinajstić information content (AvgIpc) is 2.93. The van der Waals surface area contributed by atoms with E-state index in [2.05, 4.69) is 20.9 Å². The first-order valence-corrected chi connectivity index (χ1v) is 13.2. The molecule has 0 aliphatic heterocycles. The lowest BCUT2D eigenvalue weighted by Gasteiger charge is -2.27. The molecule has 15 heteroatoms. The van der Waals surface area contributed by atoms with E-state index in [1.54, 1.807) is 60.7 Å². The number of carbonyl (C=O) groups excluding carboxylic acids is 5. The Morgan fingerprint density at radius 2 is 1.20 bits per heavy atom. The number of alkyl carbamates (subject to hydrolysis) is 2. The zero-order valence-electron chi connectivity index (χ0n) is 24.4. The number of benzene rings is 2. The van der Waals surface area contributed by atoms with E-state index in [9.17, 15) is 33.9 Å². The molecule has 15 nitrogen and oxygen atoms in total. The number of ether oxygens (including phenoxy) is 4. The van der Waals surface area contributed by atoms with Gasteiger partial charge in [-0.2, -0.15) is 0 Å². The third kappa shape index (κ3) is 13.5. The summed E-state index contributed by atoms with van der Waals surface area (Å²) in [5, 5.41) is 16.2. The predicted molar refractivity (Wildman–Crippen MR) is 153 cm³/mol. The Hall–Kier alpha value is -5.47. The number of carboxylic acid groups (broad SMARTS) is 1. The van der Waals surface area contributed by atoms with Crippen molar-refractivity contribution in [2.24, 2.45) is 4.99 Å².